The van der Waals surface area contributed by atoms with Gasteiger partial charge in [-0.3, -0.25) is 4.79 Å². The van der Waals surface area contributed by atoms with Crippen molar-refractivity contribution in [3.63, 3.8) is 0 Å². The molecule has 21 heavy (non-hydrogen) atoms. The summed E-state index contributed by atoms with van der Waals surface area (Å²) in [5.74, 6) is -1.98. The van der Waals surface area contributed by atoms with Crippen LogP contribution in [0.2, 0.25) is 0 Å². The Bertz CT molecular complexity index is 584. The summed E-state index contributed by atoms with van der Waals surface area (Å²) in [6.45, 7) is 0.467. The minimum atomic E-state index is -0.938. The zero-order chi connectivity index (χ0) is 15.1. The molecule has 4 heteroatoms. The molecular formula is C17H17FO3. The summed E-state index contributed by atoms with van der Waals surface area (Å²) in [6.07, 6.45) is 0.252. The number of benzene rings is 2. The molecule has 1 unspecified atom stereocenters. The number of carboxylic acids is 1. The Morgan fingerprint density at radius 3 is 2.48 bits per heavy atom. The van der Waals surface area contributed by atoms with E-state index in [1.807, 2.05) is 30.3 Å². The zero-order valence-electron chi connectivity index (χ0n) is 11.5. The van der Waals surface area contributed by atoms with Crippen molar-refractivity contribution < 1.29 is 19.0 Å². The summed E-state index contributed by atoms with van der Waals surface area (Å²) in [5.41, 5.74) is 1.65. The van der Waals surface area contributed by atoms with Gasteiger partial charge in [-0.2, -0.15) is 0 Å². The Balaban J connectivity index is 1.89. The Morgan fingerprint density at radius 1 is 1.10 bits per heavy atom. The number of hydrogen-bond donors (Lipinski definition) is 1. The van der Waals surface area contributed by atoms with Crippen molar-refractivity contribution in [1.29, 1.82) is 0 Å². The quantitative estimate of drug-likeness (QED) is 0.850. The maximum atomic E-state index is 13.1. The molecule has 0 amide bonds. The van der Waals surface area contributed by atoms with Gasteiger partial charge in [0.2, 0.25) is 0 Å². The highest BCUT2D eigenvalue weighted by Crippen LogP contribution is 2.12. The molecule has 0 aromatic heterocycles. The first kappa shape index (κ1) is 15.2. The number of halogens is 1. The van der Waals surface area contributed by atoms with Crippen molar-refractivity contribution in [2.45, 2.75) is 13.0 Å². The number of carboxylic acid groups (broad SMARTS) is 1. The van der Waals surface area contributed by atoms with Crippen molar-refractivity contribution >= 4 is 5.97 Å². The summed E-state index contributed by atoms with van der Waals surface area (Å²) in [7, 11) is 0. The Hall–Kier alpha value is -2.20. The van der Waals surface area contributed by atoms with Crippen LogP contribution in [0.4, 0.5) is 4.39 Å². The molecule has 0 saturated heterocycles. The molecule has 3 nitrogen and oxygen atoms in total. The highest BCUT2D eigenvalue weighted by Gasteiger charge is 2.18. The second-order valence-corrected chi connectivity index (χ2v) is 4.87. The fourth-order valence-electron chi connectivity index (χ4n) is 2.06. The molecule has 2 aromatic rings. The minimum Gasteiger partial charge on any atom is -0.481 e. The lowest BCUT2D eigenvalue weighted by atomic mass is 10.0. The van der Waals surface area contributed by atoms with Crippen LogP contribution in [0, 0.1) is 11.7 Å². The molecule has 1 atom stereocenters. The summed E-state index contributed by atoms with van der Waals surface area (Å²) in [6, 6.07) is 15.5. The van der Waals surface area contributed by atoms with E-state index in [0.717, 1.165) is 5.56 Å². The molecular weight excluding hydrogens is 271 g/mol. The SMILES string of the molecule is O=C(O)C(COCc1ccccc1)Cc1cccc(F)c1. The first-order valence-electron chi connectivity index (χ1n) is 6.74. The summed E-state index contributed by atoms with van der Waals surface area (Å²) < 4.78 is 18.6. The third kappa shape index (κ3) is 5.00. The van der Waals surface area contributed by atoms with Gasteiger partial charge in [0.25, 0.3) is 0 Å². The van der Waals surface area contributed by atoms with E-state index in [0.29, 0.717) is 12.2 Å². The monoisotopic (exact) mass is 288 g/mol. The van der Waals surface area contributed by atoms with Gasteiger partial charge in [0.15, 0.2) is 0 Å². The van der Waals surface area contributed by atoms with Crippen LogP contribution < -0.4 is 0 Å². The third-order valence-electron chi connectivity index (χ3n) is 3.15. The van der Waals surface area contributed by atoms with Gasteiger partial charge in [-0.1, -0.05) is 42.5 Å². The van der Waals surface area contributed by atoms with E-state index in [9.17, 15) is 14.3 Å². The molecule has 2 aromatic carbocycles. The molecule has 110 valence electrons. The Morgan fingerprint density at radius 2 is 1.81 bits per heavy atom. The standard InChI is InChI=1S/C17H17FO3/c18-16-8-4-7-14(10-16)9-15(17(19)20)12-21-11-13-5-2-1-3-6-13/h1-8,10,15H,9,11-12H2,(H,19,20). The normalized spacial score (nSPS) is 12.0. The fraction of sp³-hybridized carbons (Fsp3) is 0.235. The first-order chi connectivity index (χ1) is 10.1. The lowest BCUT2D eigenvalue weighted by Gasteiger charge is -2.13. The molecule has 2 rings (SSSR count). The van der Waals surface area contributed by atoms with Crippen LogP contribution in [0.25, 0.3) is 0 Å². The van der Waals surface area contributed by atoms with Crippen molar-refractivity contribution in [3.05, 3.63) is 71.5 Å². The lowest BCUT2D eigenvalue weighted by Crippen LogP contribution is -2.22. The Kier molecular flexibility index (Phi) is 5.46. The highest BCUT2D eigenvalue weighted by molar-refractivity contribution is 5.70. The average molecular weight is 288 g/mol. The van der Waals surface area contributed by atoms with Crippen LogP contribution in [-0.4, -0.2) is 17.7 Å². The van der Waals surface area contributed by atoms with Crippen LogP contribution in [0.1, 0.15) is 11.1 Å². The second-order valence-electron chi connectivity index (χ2n) is 4.87. The van der Waals surface area contributed by atoms with Gasteiger partial charge in [-0.25, -0.2) is 4.39 Å². The lowest BCUT2D eigenvalue weighted by molar-refractivity contribution is -0.144. The van der Waals surface area contributed by atoms with Crippen LogP contribution in [0.15, 0.2) is 54.6 Å². The number of hydrogen-bond acceptors (Lipinski definition) is 2. The minimum absolute atomic E-state index is 0.0980. The largest absolute Gasteiger partial charge is 0.481 e. The zero-order valence-corrected chi connectivity index (χ0v) is 11.5. The number of rotatable bonds is 7. The molecule has 0 aliphatic heterocycles. The summed E-state index contributed by atoms with van der Waals surface area (Å²) in [4.78, 5) is 11.3. The number of carbonyl (C=O) groups is 1. The van der Waals surface area contributed by atoms with Gasteiger partial charge in [0, 0.05) is 0 Å². The molecule has 0 radical (unpaired) electrons. The van der Waals surface area contributed by atoms with Crippen LogP contribution >= 0.6 is 0 Å². The maximum Gasteiger partial charge on any atom is 0.309 e. The average Bonchev–Trinajstić information content (AvgIpc) is 2.47. The molecule has 0 fully saturated rings. The molecule has 0 spiro atoms. The van der Waals surface area contributed by atoms with Crippen molar-refractivity contribution in [2.75, 3.05) is 6.61 Å². The van der Waals surface area contributed by atoms with Gasteiger partial charge in [-0.15, -0.1) is 0 Å². The van der Waals surface area contributed by atoms with E-state index in [2.05, 4.69) is 0 Å². The van der Waals surface area contributed by atoms with E-state index in [4.69, 9.17) is 4.74 Å². The molecule has 0 bridgehead atoms. The van der Waals surface area contributed by atoms with E-state index in [1.165, 1.54) is 12.1 Å². The second kappa shape index (κ2) is 7.55. The van der Waals surface area contributed by atoms with Gasteiger partial charge in [0.1, 0.15) is 5.82 Å². The summed E-state index contributed by atoms with van der Waals surface area (Å²) in [5, 5.41) is 9.23. The van der Waals surface area contributed by atoms with E-state index < -0.39 is 11.9 Å². The third-order valence-corrected chi connectivity index (χ3v) is 3.15. The molecule has 0 aliphatic rings. The Labute approximate surface area is 123 Å². The smallest absolute Gasteiger partial charge is 0.309 e. The van der Waals surface area contributed by atoms with E-state index in [1.54, 1.807) is 12.1 Å². The van der Waals surface area contributed by atoms with Crippen molar-refractivity contribution in [2.24, 2.45) is 5.92 Å². The van der Waals surface area contributed by atoms with Crippen LogP contribution in [-0.2, 0) is 22.6 Å². The van der Waals surface area contributed by atoms with Gasteiger partial charge in [-0.05, 0) is 29.7 Å². The first-order valence-corrected chi connectivity index (χ1v) is 6.74. The predicted molar refractivity (Wildman–Crippen MR) is 77.3 cm³/mol. The van der Waals surface area contributed by atoms with E-state index >= 15 is 0 Å². The molecule has 1 N–H and O–H groups in total. The molecule has 0 heterocycles. The van der Waals surface area contributed by atoms with Gasteiger partial charge in [0.05, 0.1) is 19.1 Å². The van der Waals surface area contributed by atoms with E-state index in [-0.39, 0.29) is 18.8 Å². The predicted octanol–water partition coefficient (Wildman–Crippen LogP) is 3.29. The van der Waals surface area contributed by atoms with Crippen LogP contribution in [0.3, 0.4) is 0 Å². The fourth-order valence-corrected chi connectivity index (χ4v) is 2.06. The number of ether oxygens (including phenoxy) is 1. The highest BCUT2D eigenvalue weighted by atomic mass is 19.1. The van der Waals surface area contributed by atoms with Gasteiger partial charge < -0.3 is 9.84 Å². The summed E-state index contributed by atoms with van der Waals surface area (Å²) >= 11 is 0. The number of aliphatic carboxylic acids is 1. The maximum absolute atomic E-state index is 13.1. The van der Waals surface area contributed by atoms with Gasteiger partial charge >= 0.3 is 5.97 Å². The van der Waals surface area contributed by atoms with Crippen molar-refractivity contribution in [1.82, 2.24) is 0 Å². The topological polar surface area (TPSA) is 46.5 Å². The molecule has 0 saturated carbocycles. The van der Waals surface area contributed by atoms with Crippen molar-refractivity contribution in [3.8, 4) is 0 Å². The van der Waals surface area contributed by atoms with Crippen LogP contribution in [0.5, 0.6) is 0 Å². The molecule has 0 aliphatic carbocycles.